The molecule has 2 atom stereocenters. The summed E-state index contributed by atoms with van der Waals surface area (Å²) in [5.41, 5.74) is 18.6. The van der Waals surface area contributed by atoms with Crippen molar-refractivity contribution >= 4 is 16.9 Å². The van der Waals surface area contributed by atoms with Gasteiger partial charge >= 0.3 is 12.1 Å². The van der Waals surface area contributed by atoms with Crippen LogP contribution in [0.15, 0.2) is 53.5 Å². The van der Waals surface area contributed by atoms with Crippen molar-refractivity contribution in [2.45, 2.75) is 57.5 Å². The van der Waals surface area contributed by atoms with E-state index in [2.05, 4.69) is 14.7 Å². The molecule has 0 saturated heterocycles. The van der Waals surface area contributed by atoms with E-state index >= 15 is 4.39 Å². The Labute approximate surface area is 232 Å². The van der Waals surface area contributed by atoms with E-state index in [4.69, 9.17) is 22.6 Å². The van der Waals surface area contributed by atoms with Crippen LogP contribution in [0.1, 0.15) is 49.8 Å². The molecule has 218 valence electrons. The number of amidine groups is 1. The smallest absolute Gasteiger partial charge is 0.403 e. The molecule has 2 heterocycles. The van der Waals surface area contributed by atoms with Gasteiger partial charge < -0.3 is 26.9 Å². The van der Waals surface area contributed by atoms with E-state index in [0.717, 1.165) is 11.6 Å². The second kappa shape index (κ2) is 12.1. The minimum atomic E-state index is -5.08. The van der Waals surface area contributed by atoms with Gasteiger partial charge in [-0.25, -0.2) is 9.18 Å². The van der Waals surface area contributed by atoms with E-state index in [9.17, 15) is 18.0 Å². The first-order chi connectivity index (χ1) is 19.3. The maximum atomic E-state index is 15.3. The van der Waals surface area contributed by atoms with E-state index in [1.807, 2.05) is 6.92 Å². The van der Waals surface area contributed by atoms with Crippen molar-refractivity contribution in [3.63, 3.8) is 0 Å². The highest BCUT2D eigenvalue weighted by atomic mass is 19.4. The Morgan fingerprint density at radius 2 is 1.85 bits per heavy atom. The van der Waals surface area contributed by atoms with Crippen molar-refractivity contribution < 1.29 is 22.3 Å². The SMILES string of the molecule is C[C@H](N)CCCc1cc(OC(F)(F)F)c(F)c(-c2cc3cn(-c4ccc(C(N)CCC(=N)N)cc4)c(=O)nc3[nH]2)c1. The van der Waals surface area contributed by atoms with Crippen LogP contribution in [-0.4, -0.2) is 32.8 Å². The van der Waals surface area contributed by atoms with Gasteiger partial charge in [-0.15, -0.1) is 13.2 Å². The summed E-state index contributed by atoms with van der Waals surface area (Å²) in [4.78, 5) is 19.7. The van der Waals surface area contributed by atoms with Gasteiger partial charge in [0.2, 0.25) is 0 Å². The minimum absolute atomic E-state index is 0.0470. The molecule has 0 fully saturated rings. The number of nitrogens with one attached hydrogen (secondary N) is 2. The summed E-state index contributed by atoms with van der Waals surface area (Å²) in [6.07, 6.45) is -1.14. The third kappa shape index (κ3) is 7.50. The second-order valence-corrected chi connectivity index (χ2v) is 10.0. The number of nitrogens with two attached hydrogens (primary N) is 3. The third-order valence-corrected chi connectivity index (χ3v) is 6.57. The molecule has 8 N–H and O–H groups in total. The van der Waals surface area contributed by atoms with Crippen LogP contribution >= 0.6 is 0 Å². The first kappa shape index (κ1) is 29.7. The van der Waals surface area contributed by atoms with E-state index in [1.165, 1.54) is 22.9 Å². The Morgan fingerprint density at radius 3 is 2.49 bits per heavy atom. The fraction of sp³-hybridized carbons (Fsp3) is 0.321. The molecule has 0 aliphatic heterocycles. The highest BCUT2D eigenvalue weighted by Gasteiger charge is 2.33. The zero-order valence-corrected chi connectivity index (χ0v) is 22.3. The predicted molar refractivity (Wildman–Crippen MR) is 148 cm³/mol. The van der Waals surface area contributed by atoms with Crippen LogP contribution in [0.3, 0.4) is 0 Å². The van der Waals surface area contributed by atoms with Crippen molar-refractivity contribution in [1.82, 2.24) is 14.5 Å². The molecule has 0 spiro atoms. The molecule has 13 heteroatoms. The number of alkyl halides is 3. The fourth-order valence-corrected chi connectivity index (χ4v) is 4.51. The topological polar surface area (TPSA) is 162 Å². The lowest BCUT2D eigenvalue weighted by atomic mass is 10.0. The number of aromatic nitrogens is 3. The van der Waals surface area contributed by atoms with E-state index in [1.54, 1.807) is 24.3 Å². The molecule has 0 saturated carbocycles. The highest BCUT2D eigenvalue weighted by Crippen LogP contribution is 2.35. The summed E-state index contributed by atoms with van der Waals surface area (Å²) in [6, 6.07) is 10.5. The molecular formula is C28H31F4N7O2. The molecule has 41 heavy (non-hydrogen) atoms. The maximum absolute atomic E-state index is 15.3. The number of aryl methyl sites for hydroxylation is 1. The monoisotopic (exact) mass is 573 g/mol. The highest BCUT2D eigenvalue weighted by molar-refractivity contribution is 5.83. The lowest BCUT2D eigenvalue weighted by Gasteiger charge is -2.14. The number of H-pyrrole nitrogens is 1. The minimum Gasteiger partial charge on any atom is -0.403 e. The van der Waals surface area contributed by atoms with Gasteiger partial charge in [0.25, 0.3) is 0 Å². The lowest BCUT2D eigenvalue weighted by molar-refractivity contribution is -0.275. The zero-order chi connectivity index (χ0) is 29.9. The standard InChI is InChI=1S/C28H31F4N7O2/c1-15(33)3-2-4-16-11-20(25(29)23(12-16)41-28(30,31)32)22-13-18-14-39(27(40)38-26(18)37-22)19-7-5-17(6-8-19)21(34)9-10-24(35)36/h5-8,11-15,21H,2-4,9-10,33-34H2,1H3,(H3,35,36)(H,37,38,40)/t15-,21?/m0/s1. The Bertz CT molecular complexity index is 1590. The van der Waals surface area contributed by atoms with Gasteiger partial charge in [-0.3, -0.25) is 9.98 Å². The molecule has 2 aromatic heterocycles. The molecular weight excluding hydrogens is 542 g/mol. The molecule has 4 aromatic rings. The summed E-state index contributed by atoms with van der Waals surface area (Å²) in [5.74, 6) is -2.10. The van der Waals surface area contributed by atoms with Crippen molar-refractivity contribution in [2.24, 2.45) is 17.2 Å². The van der Waals surface area contributed by atoms with Crippen LogP contribution < -0.4 is 27.6 Å². The van der Waals surface area contributed by atoms with E-state index < -0.39 is 23.6 Å². The van der Waals surface area contributed by atoms with Gasteiger partial charge in [-0.1, -0.05) is 12.1 Å². The zero-order valence-electron chi connectivity index (χ0n) is 22.3. The van der Waals surface area contributed by atoms with Crippen molar-refractivity contribution in [1.29, 1.82) is 5.41 Å². The number of hydrogen-bond acceptors (Lipinski definition) is 6. The number of nitrogens with zero attached hydrogens (tertiary/aromatic N) is 2. The molecule has 0 aliphatic carbocycles. The molecule has 0 aliphatic rings. The van der Waals surface area contributed by atoms with Gasteiger partial charge in [-0.05, 0) is 74.1 Å². The first-order valence-corrected chi connectivity index (χ1v) is 13.0. The largest absolute Gasteiger partial charge is 0.573 e. The number of fused-ring (bicyclic) bond motifs is 1. The van der Waals surface area contributed by atoms with Crippen molar-refractivity contribution in [3.05, 3.63) is 76.1 Å². The Balaban J connectivity index is 1.69. The third-order valence-electron chi connectivity index (χ3n) is 6.57. The molecule has 2 aromatic carbocycles. The average Bonchev–Trinajstić information content (AvgIpc) is 3.30. The van der Waals surface area contributed by atoms with Gasteiger partial charge in [0.1, 0.15) is 5.65 Å². The Hall–Kier alpha value is -4.23. The van der Waals surface area contributed by atoms with Crippen LogP contribution in [0.2, 0.25) is 0 Å². The molecule has 0 amide bonds. The van der Waals surface area contributed by atoms with E-state index in [-0.39, 0.29) is 34.8 Å². The van der Waals surface area contributed by atoms with Crippen molar-refractivity contribution in [2.75, 3.05) is 0 Å². The number of rotatable bonds is 11. The summed E-state index contributed by atoms with van der Waals surface area (Å²) in [6.45, 7) is 1.82. The maximum Gasteiger partial charge on any atom is 0.573 e. The summed E-state index contributed by atoms with van der Waals surface area (Å²) in [7, 11) is 0. The number of benzene rings is 2. The normalized spacial score (nSPS) is 13.3. The van der Waals surface area contributed by atoms with Crippen LogP contribution in [-0.2, 0) is 6.42 Å². The van der Waals surface area contributed by atoms with Crippen molar-refractivity contribution in [3.8, 4) is 22.7 Å². The first-order valence-electron chi connectivity index (χ1n) is 13.0. The van der Waals surface area contributed by atoms with Gasteiger partial charge in [0.05, 0.1) is 17.2 Å². The summed E-state index contributed by atoms with van der Waals surface area (Å²) < 4.78 is 59.6. The van der Waals surface area contributed by atoms with Crippen LogP contribution in [0.4, 0.5) is 17.6 Å². The number of aromatic amines is 1. The predicted octanol–water partition coefficient (Wildman–Crippen LogP) is 4.80. The van der Waals surface area contributed by atoms with Crippen LogP contribution in [0, 0.1) is 11.2 Å². The second-order valence-electron chi connectivity index (χ2n) is 10.0. The Kier molecular flexibility index (Phi) is 8.78. The Morgan fingerprint density at radius 1 is 1.15 bits per heavy atom. The van der Waals surface area contributed by atoms with Crippen LogP contribution in [0.5, 0.6) is 5.75 Å². The number of ether oxygens (including phenoxy) is 1. The molecule has 1 unspecified atom stereocenters. The average molecular weight is 574 g/mol. The molecule has 4 rings (SSSR count). The fourth-order valence-electron chi connectivity index (χ4n) is 4.51. The summed E-state index contributed by atoms with van der Waals surface area (Å²) in [5, 5.41) is 7.78. The quantitative estimate of drug-likeness (QED) is 0.0983. The summed E-state index contributed by atoms with van der Waals surface area (Å²) >= 11 is 0. The lowest BCUT2D eigenvalue weighted by Crippen LogP contribution is -2.20. The number of hydrogen-bond donors (Lipinski definition) is 5. The van der Waals surface area contributed by atoms with Gasteiger partial charge in [-0.2, -0.15) is 4.98 Å². The molecule has 0 bridgehead atoms. The molecule has 9 nitrogen and oxygen atoms in total. The van der Waals surface area contributed by atoms with E-state index in [0.29, 0.717) is 48.7 Å². The molecule has 0 radical (unpaired) electrons. The van der Waals surface area contributed by atoms with Gasteiger partial charge in [0.15, 0.2) is 11.6 Å². The van der Waals surface area contributed by atoms with Gasteiger partial charge in [0, 0.05) is 35.7 Å². The van der Waals surface area contributed by atoms with Crippen LogP contribution in [0.25, 0.3) is 28.0 Å². The number of halogens is 4.